The second-order valence-corrected chi connectivity index (χ2v) is 6.31. The Morgan fingerprint density at radius 3 is 2.80 bits per heavy atom. The Hall–Kier alpha value is 0.270. The molecule has 2 nitrogen and oxygen atoms in total. The quantitative estimate of drug-likeness (QED) is 0.724. The Morgan fingerprint density at radius 1 is 1.33 bits per heavy atom. The molecule has 2 saturated heterocycles. The van der Waals surface area contributed by atoms with E-state index in [1.165, 1.54) is 57.6 Å². The molecule has 15 heavy (non-hydrogen) atoms. The number of nitrogens with zero attached hydrogens (tertiary/aromatic N) is 1. The first-order valence-electron chi connectivity index (χ1n) is 6.43. The van der Waals surface area contributed by atoms with Crippen LogP contribution in [0.25, 0.3) is 0 Å². The van der Waals surface area contributed by atoms with Gasteiger partial charge in [0.25, 0.3) is 0 Å². The van der Waals surface area contributed by atoms with Crippen LogP contribution < -0.4 is 5.32 Å². The molecule has 0 amide bonds. The second-order valence-electron chi connectivity index (χ2n) is 4.83. The topological polar surface area (TPSA) is 15.3 Å². The van der Waals surface area contributed by atoms with Gasteiger partial charge >= 0.3 is 0 Å². The predicted octanol–water partition coefficient (Wildman–Crippen LogP) is 1.96. The fourth-order valence-electron chi connectivity index (χ4n) is 2.60. The third-order valence-corrected chi connectivity index (χ3v) is 4.96. The molecule has 2 aliphatic rings. The summed E-state index contributed by atoms with van der Waals surface area (Å²) in [5, 5.41) is 4.54. The zero-order chi connectivity index (χ0) is 10.5. The SMILES string of the molecule is CC1SCCC1NCCCN1CCCC1. The van der Waals surface area contributed by atoms with Crippen LogP contribution in [0.2, 0.25) is 0 Å². The van der Waals surface area contributed by atoms with E-state index in [-0.39, 0.29) is 0 Å². The summed E-state index contributed by atoms with van der Waals surface area (Å²) in [6, 6.07) is 0.786. The maximum Gasteiger partial charge on any atom is 0.0191 e. The van der Waals surface area contributed by atoms with Gasteiger partial charge in [-0.15, -0.1) is 0 Å². The van der Waals surface area contributed by atoms with Gasteiger partial charge in [-0.3, -0.25) is 0 Å². The molecule has 0 saturated carbocycles. The van der Waals surface area contributed by atoms with E-state index < -0.39 is 0 Å². The van der Waals surface area contributed by atoms with Crippen molar-refractivity contribution in [2.24, 2.45) is 0 Å². The summed E-state index contributed by atoms with van der Waals surface area (Å²) in [5.74, 6) is 1.35. The van der Waals surface area contributed by atoms with Crippen LogP contribution in [-0.4, -0.2) is 48.1 Å². The summed E-state index contributed by atoms with van der Waals surface area (Å²) < 4.78 is 0. The molecule has 0 bridgehead atoms. The highest BCUT2D eigenvalue weighted by molar-refractivity contribution is 8.00. The van der Waals surface area contributed by atoms with Crippen molar-refractivity contribution in [1.29, 1.82) is 0 Å². The van der Waals surface area contributed by atoms with Crippen LogP contribution >= 0.6 is 11.8 Å². The minimum absolute atomic E-state index is 0.786. The lowest BCUT2D eigenvalue weighted by atomic mass is 10.1. The largest absolute Gasteiger partial charge is 0.313 e. The summed E-state index contributed by atoms with van der Waals surface area (Å²) in [6.07, 6.45) is 5.54. The third kappa shape index (κ3) is 3.65. The van der Waals surface area contributed by atoms with Gasteiger partial charge in [0.15, 0.2) is 0 Å². The molecule has 1 N–H and O–H groups in total. The minimum Gasteiger partial charge on any atom is -0.313 e. The van der Waals surface area contributed by atoms with Crippen LogP contribution in [0.3, 0.4) is 0 Å². The molecule has 0 aromatic rings. The van der Waals surface area contributed by atoms with Crippen LogP contribution in [0, 0.1) is 0 Å². The molecular weight excluding hydrogens is 204 g/mol. The molecule has 0 aromatic heterocycles. The summed E-state index contributed by atoms with van der Waals surface area (Å²) in [6.45, 7) is 7.56. The highest BCUT2D eigenvalue weighted by Gasteiger charge is 2.22. The third-order valence-electron chi connectivity index (χ3n) is 3.63. The molecule has 2 atom stereocenters. The van der Waals surface area contributed by atoms with E-state index in [0.29, 0.717) is 0 Å². The normalized spacial score (nSPS) is 32.6. The minimum atomic E-state index is 0.786. The lowest BCUT2D eigenvalue weighted by Gasteiger charge is -2.18. The van der Waals surface area contributed by atoms with Gasteiger partial charge in [0.1, 0.15) is 0 Å². The molecule has 2 unspecified atom stereocenters. The standard InChI is InChI=1S/C12H24N2S/c1-11-12(5-10-15-11)13-6-4-9-14-7-2-3-8-14/h11-13H,2-10H2,1H3. The highest BCUT2D eigenvalue weighted by atomic mass is 32.2. The van der Waals surface area contributed by atoms with Gasteiger partial charge < -0.3 is 10.2 Å². The molecule has 2 heterocycles. The van der Waals surface area contributed by atoms with E-state index >= 15 is 0 Å². The number of hydrogen-bond donors (Lipinski definition) is 1. The van der Waals surface area contributed by atoms with Crippen LogP contribution in [-0.2, 0) is 0 Å². The van der Waals surface area contributed by atoms with E-state index in [0.717, 1.165) is 11.3 Å². The summed E-state index contributed by atoms with van der Waals surface area (Å²) in [7, 11) is 0. The molecule has 0 aliphatic carbocycles. The fraction of sp³-hybridized carbons (Fsp3) is 1.00. The van der Waals surface area contributed by atoms with Gasteiger partial charge in [0.05, 0.1) is 0 Å². The molecule has 2 aliphatic heterocycles. The van der Waals surface area contributed by atoms with E-state index in [1.807, 2.05) is 0 Å². The average molecular weight is 228 g/mol. The van der Waals surface area contributed by atoms with Crippen molar-refractivity contribution in [3.05, 3.63) is 0 Å². The number of nitrogens with one attached hydrogen (secondary N) is 1. The Balaban J connectivity index is 1.51. The Kier molecular flexibility index (Phi) is 4.79. The Labute approximate surface area is 98.2 Å². The van der Waals surface area contributed by atoms with Crippen molar-refractivity contribution in [3.8, 4) is 0 Å². The fourth-order valence-corrected chi connectivity index (χ4v) is 3.82. The van der Waals surface area contributed by atoms with E-state index in [2.05, 4.69) is 28.9 Å². The first-order chi connectivity index (χ1) is 7.36. The van der Waals surface area contributed by atoms with E-state index in [9.17, 15) is 0 Å². The van der Waals surface area contributed by atoms with Gasteiger partial charge in [0, 0.05) is 11.3 Å². The van der Waals surface area contributed by atoms with Crippen LogP contribution in [0.5, 0.6) is 0 Å². The van der Waals surface area contributed by atoms with Crippen LogP contribution in [0.4, 0.5) is 0 Å². The Morgan fingerprint density at radius 2 is 2.13 bits per heavy atom. The van der Waals surface area contributed by atoms with Crippen LogP contribution in [0.1, 0.15) is 32.6 Å². The molecule has 0 spiro atoms. The molecule has 2 fully saturated rings. The van der Waals surface area contributed by atoms with Crippen molar-refractivity contribution in [2.45, 2.75) is 43.9 Å². The van der Waals surface area contributed by atoms with Crippen molar-refractivity contribution in [1.82, 2.24) is 10.2 Å². The van der Waals surface area contributed by atoms with Gasteiger partial charge in [-0.1, -0.05) is 6.92 Å². The number of hydrogen-bond acceptors (Lipinski definition) is 3. The first-order valence-corrected chi connectivity index (χ1v) is 7.48. The van der Waals surface area contributed by atoms with Gasteiger partial charge in [-0.2, -0.15) is 11.8 Å². The molecule has 2 rings (SSSR count). The molecular formula is C12H24N2S. The van der Waals surface area contributed by atoms with Gasteiger partial charge in [-0.05, 0) is 57.6 Å². The number of thioether (sulfide) groups is 1. The molecule has 88 valence electrons. The van der Waals surface area contributed by atoms with Gasteiger partial charge in [0.2, 0.25) is 0 Å². The van der Waals surface area contributed by atoms with Crippen molar-refractivity contribution in [2.75, 3.05) is 31.9 Å². The van der Waals surface area contributed by atoms with E-state index in [1.54, 1.807) is 0 Å². The zero-order valence-electron chi connectivity index (χ0n) is 9.87. The summed E-state index contributed by atoms with van der Waals surface area (Å²) in [4.78, 5) is 2.61. The van der Waals surface area contributed by atoms with Crippen LogP contribution in [0.15, 0.2) is 0 Å². The van der Waals surface area contributed by atoms with E-state index in [4.69, 9.17) is 0 Å². The predicted molar refractivity (Wildman–Crippen MR) is 68.6 cm³/mol. The number of rotatable bonds is 5. The molecule has 0 aromatic carbocycles. The Bertz CT molecular complexity index is 180. The summed E-state index contributed by atoms with van der Waals surface area (Å²) in [5.41, 5.74) is 0. The second kappa shape index (κ2) is 6.12. The first kappa shape index (κ1) is 11.7. The van der Waals surface area contributed by atoms with Crippen molar-refractivity contribution >= 4 is 11.8 Å². The smallest absolute Gasteiger partial charge is 0.0191 e. The molecule has 0 radical (unpaired) electrons. The van der Waals surface area contributed by atoms with Crippen molar-refractivity contribution < 1.29 is 0 Å². The zero-order valence-corrected chi connectivity index (χ0v) is 10.7. The maximum atomic E-state index is 3.71. The average Bonchev–Trinajstić information content (AvgIpc) is 2.85. The number of likely N-dealkylation sites (tertiary alicyclic amines) is 1. The highest BCUT2D eigenvalue weighted by Crippen LogP contribution is 2.25. The summed E-state index contributed by atoms with van der Waals surface area (Å²) >= 11 is 2.12. The lowest BCUT2D eigenvalue weighted by Crippen LogP contribution is -2.35. The van der Waals surface area contributed by atoms with Gasteiger partial charge in [-0.25, -0.2) is 0 Å². The monoisotopic (exact) mass is 228 g/mol. The maximum absolute atomic E-state index is 3.71. The van der Waals surface area contributed by atoms with Crippen molar-refractivity contribution in [3.63, 3.8) is 0 Å². The lowest BCUT2D eigenvalue weighted by molar-refractivity contribution is 0.327. The molecule has 3 heteroatoms.